The number of benzene rings is 2. The number of nitrogen functional groups attached to an aromatic ring is 1. The normalized spacial score (nSPS) is 10.1. The molecule has 104 valence electrons. The van der Waals surface area contributed by atoms with Gasteiger partial charge in [0.2, 0.25) is 5.75 Å². The van der Waals surface area contributed by atoms with Gasteiger partial charge in [-0.15, -0.1) is 0 Å². The average molecular weight is 273 g/mol. The van der Waals surface area contributed by atoms with Gasteiger partial charge in [0, 0.05) is 25.8 Å². The van der Waals surface area contributed by atoms with Crippen LogP contribution in [0.1, 0.15) is 0 Å². The summed E-state index contributed by atoms with van der Waals surface area (Å²) >= 11 is 0. The predicted molar refractivity (Wildman–Crippen MR) is 78.4 cm³/mol. The second kappa shape index (κ2) is 5.48. The fourth-order valence-corrected chi connectivity index (χ4v) is 1.77. The summed E-state index contributed by atoms with van der Waals surface area (Å²) in [5.74, 6) is 0.649. The summed E-state index contributed by atoms with van der Waals surface area (Å²) < 4.78 is 5.59. The van der Waals surface area contributed by atoms with Crippen molar-refractivity contribution >= 4 is 17.1 Å². The number of rotatable bonds is 4. The number of para-hydroxylation sites is 1. The van der Waals surface area contributed by atoms with Gasteiger partial charge < -0.3 is 15.4 Å². The molecule has 0 bridgehead atoms. The Hall–Kier alpha value is -2.76. The Balaban J connectivity index is 2.38. The van der Waals surface area contributed by atoms with Crippen molar-refractivity contribution in [3.8, 4) is 11.5 Å². The Morgan fingerprint density at radius 1 is 1.20 bits per heavy atom. The van der Waals surface area contributed by atoms with E-state index in [1.165, 1.54) is 12.1 Å². The van der Waals surface area contributed by atoms with Crippen LogP contribution in [0.25, 0.3) is 0 Å². The number of nitrogens with zero attached hydrogens (tertiary/aromatic N) is 2. The van der Waals surface area contributed by atoms with Crippen LogP contribution >= 0.6 is 0 Å². The maximum atomic E-state index is 11.0. The van der Waals surface area contributed by atoms with Crippen LogP contribution in [0.4, 0.5) is 17.1 Å². The highest BCUT2D eigenvalue weighted by Crippen LogP contribution is 2.36. The molecule has 0 unspecified atom stereocenters. The minimum Gasteiger partial charge on any atom is -0.450 e. The highest BCUT2D eigenvalue weighted by atomic mass is 16.6. The lowest BCUT2D eigenvalue weighted by Gasteiger charge is -2.14. The third kappa shape index (κ3) is 2.80. The van der Waals surface area contributed by atoms with E-state index in [1.807, 2.05) is 31.1 Å². The molecule has 0 atom stereocenters. The first-order valence-corrected chi connectivity index (χ1v) is 5.97. The van der Waals surface area contributed by atoms with E-state index in [-0.39, 0.29) is 17.1 Å². The molecule has 0 aliphatic rings. The lowest BCUT2D eigenvalue weighted by Crippen LogP contribution is -2.08. The van der Waals surface area contributed by atoms with E-state index >= 15 is 0 Å². The van der Waals surface area contributed by atoms with Crippen LogP contribution in [-0.2, 0) is 0 Å². The van der Waals surface area contributed by atoms with Crippen LogP contribution in [0, 0.1) is 10.1 Å². The van der Waals surface area contributed by atoms with Crippen LogP contribution in [0.2, 0.25) is 0 Å². The van der Waals surface area contributed by atoms with Crippen LogP contribution < -0.4 is 15.4 Å². The van der Waals surface area contributed by atoms with Crippen molar-refractivity contribution in [2.45, 2.75) is 0 Å². The SMILES string of the molecule is CN(C)c1cccc(Oc2cccc(N)c2[N+](=O)[O-])c1. The van der Waals surface area contributed by atoms with E-state index < -0.39 is 4.92 Å². The molecule has 2 aromatic carbocycles. The summed E-state index contributed by atoms with van der Waals surface area (Å²) in [6.07, 6.45) is 0. The summed E-state index contributed by atoms with van der Waals surface area (Å²) in [5.41, 5.74) is 6.42. The van der Waals surface area contributed by atoms with Crippen molar-refractivity contribution in [2.24, 2.45) is 0 Å². The molecule has 0 aliphatic carbocycles. The molecule has 0 radical (unpaired) electrons. The molecular formula is C14H15N3O3. The van der Waals surface area contributed by atoms with Crippen molar-refractivity contribution < 1.29 is 9.66 Å². The lowest BCUT2D eigenvalue weighted by atomic mass is 10.2. The summed E-state index contributed by atoms with van der Waals surface area (Å²) in [4.78, 5) is 12.4. The molecule has 2 rings (SSSR count). The predicted octanol–water partition coefficient (Wildman–Crippen LogP) is 3.04. The number of nitro benzene ring substituents is 1. The van der Waals surface area contributed by atoms with Gasteiger partial charge in [0.25, 0.3) is 0 Å². The molecule has 2 N–H and O–H groups in total. The van der Waals surface area contributed by atoms with Crippen LogP contribution in [0.5, 0.6) is 11.5 Å². The van der Waals surface area contributed by atoms with Crippen molar-refractivity contribution in [1.82, 2.24) is 0 Å². The van der Waals surface area contributed by atoms with Crippen molar-refractivity contribution in [3.05, 3.63) is 52.6 Å². The molecule has 6 nitrogen and oxygen atoms in total. The maximum absolute atomic E-state index is 11.0. The van der Waals surface area contributed by atoms with Crippen molar-refractivity contribution in [1.29, 1.82) is 0 Å². The van der Waals surface area contributed by atoms with E-state index in [9.17, 15) is 10.1 Å². The third-order valence-electron chi connectivity index (χ3n) is 2.77. The van der Waals surface area contributed by atoms with E-state index in [2.05, 4.69) is 0 Å². The van der Waals surface area contributed by atoms with Crippen molar-refractivity contribution in [3.63, 3.8) is 0 Å². The molecule has 0 fully saturated rings. The van der Waals surface area contributed by atoms with Gasteiger partial charge in [-0.2, -0.15) is 0 Å². The smallest absolute Gasteiger partial charge is 0.334 e. The first-order valence-electron chi connectivity index (χ1n) is 5.97. The summed E-state index contributed by atoms with van der Waals surface area (Å²) in [7, 11) is 3.81. The van der Waals surface area contributed by atoms with Crippen LogP contribution in [0.3, 0.4) is 0 Å². The Kier molecular flexibility index (Phi) is 3.74. The molecule has 0 aromatic heterocycles. The van der Waals surface area contributed by atoms with Gasteiger partial charge in [-0.3, -0.25) is 10.1 Å². The number of ether oxygens (including phenoxy) is 1. The largest absolute Gasteiger partial charge is 0.450 e. The van der Waals surface area contributed by atoms with Gasteiger partial charge in [0.15, 0.2) is 0 Å². The highest BCUT2D eigenvalue weighted by molar-refractivity contribution is 5.66. The van der Waals surface area contributed by atoms with E-state index in [0.717, 1.165) is 5.69 Å². The Bertz CT molecular complexity index is 641. The number of hydrogen-bond donors (Lipinski definition) is 1. The van der Waals surface area contributed by atoms with Gasteiger partial charge in [-0.25, -0.2) is 0 Å². The van der Waals surface area contributed by atoms with Gasteiger partial charge >= 0.3 is 5.69 Å². The monoisotopic (exact) mass is 273 g/mol. The molecule has 2 aromatic rings. The van der Waals surface area contributed by atoms with Gasteiger partial charge in [-0.1, -0.05) is 12.1 Å². The van der Waals surface area contributed by atoms with Gasteiger partial charge in [-0.05, 0) is 24.3 Å². The number of nitro groups is 1. The van der Waals surface area contributed by atoms with E-state index in [4.69, 9.17) is 10.5 Å². The second-order valence-electron chi connectivity index (χ2n) is 4.44. The molecule has 0 heterocycles. The summed E-state index contributed by atoms with van der Waals surface area (Å²) in [5, 5.41) is 11.0. The number of anilines is 2. The molecule has 6 heteroatoms. The molecule has 0 saturated heterocycles. The first-order chi connectivity index (χ1) is 9.49. The standard InChI is InChI=1S/C14H15N3O3/c1-16(2)10-5-3-6-11(9-10)20-13-8-4-7-12(15)14(13)17(18)19/h3-9H,15H2,1-2H3. The average Bonchev–Trinajstić information content (AvgIpc) is 2.38. The van der Waals surface area contributed by atoms with Crippen LogP contribution in [0.15, 0.2) is 42.5 Å². The highest BCUT2D eigenvalue weighted by Gasteiger charge is 2.19. The zero-order valence-electron chi connectivity index (χ0n) is 11.2. The minimum absolute atomic E-state index is 0.0799. The molecular weight excluding hydrogens is 258 g/mol. The Morgan fingerprint density at radius 3 is 2.55 bits per heavy atom. The third-order valence-corrected chi connectivity index (χ3v) is 2.77. The zero-order valence-corrected chi connectivity index (χ0v) is 11.2. The maximum Gasteiger partial charge on any atom is 0.334 e. The molecule has 0 spiro atoms. The Morgan fingerprint density at radius 2 is 1.90 bits per heavy atom. The molecule has 0 saturated carbocycles. The van der Waals surface area contributed by atoms with Gasteiger partial charge in [0.05, 0.1) is 4.92 Å². The quantitative estimate of drug-likeness (QED) is 0.526. The summed E-state index contributed by atoms with van der Waals surface area (Å²) in [6, 6.07) is 11.9. The van der Waals surface area contributed by atoms with Crippen LogP contribution in [-0.4, -0.2) is 19.0 Å². The fraction of sp³-hybridized carbons (Fsp3) is 0.143. The zero-order chi connectivity index (χ0) is 14.7. The van der Waals surface area contributed by atoms with Gasteiger partial charge in [0.1, 0.15) is 11.4 Å². The molecule has 0 aliphatic heterocycles. The topological polar surface area (TPSA) is 81.6 Å². The minimum atomic E-state index is -0.541. The summed E-state index contributed by atoms with van der Waals surface area (Å²) in [6.45, 7) is 0. The molecule has 20 heavy (non-hydrogen) atoms. The Labute approximate surface area is 116 Å². The van der Waals surface area contributed by atoms with E-state index in [1.54, 1.807) is 18.2 Å². The first kappa shape index (κ1) is 13.7. The number of nitrogens with two attached hydrogens (primary N) is 1. The molecule has 0 amide bonds. The lowest BCUT2D eigenvalue weighted by molar-refractivity contribution is -0.384. The van der Waals surface area contributed by atoms with E-state index in [0.29, 0.717) is 5.75 Å². The number of hydrogen-bond acceptors (Lipinski definition) is 5. The fourth-order valence-electron chi connectivity index (χ4n) is 1.77. The van der Waals surface area contributed by atoms with Crippen molar-refractivity contribution in [2.75, 3.05) is 24.7 Å². The second-order valence-corrected chi connectivity index (χ2v) is 4.44.